The van der Waals surface area contributed by atoms with Crippen LogP contribution < -0.4 is 5.32 Å². The van der Waals surface area contributed by atoms with Crippen LogP contribution >= 0.6 is 11.8 Å². The number of hydrogen-bond donors (Lipinski definition) is 1. The molecule has 1 N–H and O–H groups in total. The fourth-order valence-electron chi connectivity index (χ4n) is 2.04. The van der Waals surface area contributed by atoms with E-state index < -0.39 is 0 Å². The van der Waals surface area contributed by atoms with Gasteiger partial charge in [-0.05, 0) is 43.7 Å². The summed E-state index contributed by atoms with van der Waals surface area (Å²) in [6.45, 7) is 3.78. The second-order valence-corrected chi connectivity index (χ2v) is 6.52. The summed E-state index contributed by atoms with van der Waals surface area (Å²) in [7, 11) is 0. The van der Waals surface area contributed by atoms with E-state index in [0.29, 0.717) is 11.1 Å². The number of hydrogen-bond acceptors (Lipinski definition) is 6. The molecule has 24 heavy (non-hydrogen) atoms. The largest absolute Gasteiger partial charge is 0.411 e. The van der Waals surface area contributed by atoms with Gasteiger partial charge in [-0.25, -0.2) is 0 Å². The maximum absolute atomic E-state index is 12.3. The highest BCUT2D eigenvalue weighted by Crippen LogP contribution is 2.26. The first-order valence-electron chi connectivity index (χ1n) is 7.40. The Morgan fingerprint density at radius 3 is 2.75 bits per heavy atom. The van der Waals surface area contributed by atoms with Gasteiger partial charge in [0, 0.05) is 23.6 Å². The number of benzene rings is 1. The predicted molar refractivity (Wildman–Crippen MR) is 92.7 cm³/mol. The van der Waals surface area contributed by atoms with Gasteiger partial charge in [0.25, 0.3) is 5.22 Å². The lowest BCUT2D eigenvalue weighted by molar-refractivity contribution is -0.115. The van der Waals surface area contributed by atoms with Crippen molar-refractivity contribution in [3.63, 3.8) is 0 Å². The summed E-state index contributed by atoms with van der Waals surface area (Å²) in [6.07, 6.45) is 3.31. The SMILES string of the molecule is Cc1cccc(NC(=O)C(C)Sc2nnc(-c3ccncc3)o2)c1. The van der Waals surface area contributed by atoms with Gasteiger partial charge >= 0.3 is 0 Å². The van der Waals surface area contributed by atoms with Crippen LogP contribution in [0.2, 0.25) is 0 Å². The molecule has 1 atom stereocenters. The molecule has 0 fully saturated rings. The van der Waals surface area contributed by atoms with Gasteiger partial charge in [0.2, 0.25) is 11.8 Å². The van der Waals surface area contributed by atoms with Gasteiger partial charge in [0.1, 0.15) is 0 Å². The van der Waals surface area contributed by atoms with Gasteiger partial charge in [-0.1, -0.05) is 23.9 Å². The molecule has 2 heterocycles. The molecule has 122 valence electrons. The van der Waals surface area contributed by atoms with Crippen LogP contribution in [-0.4, -0.2) is 26.3 Å². The third-order valence-corrected chi connectivity index (χ3v) is 4.20. The van der Waals surface area contributed by atoms with Crippen LogP contribution in [0.5, 0.6) is 0 Å². The molecule has 1 amide bonds. The van der Waals surface area contributed by atoms with Crippen molar-refractivity contribution in [3.05, 3.63) is 54.4 Å². The van der Waals surface area contributed by atoms with E-state index in [1.54, 1.807) is 31.5 Å². The maximum atomic E-state index is 12.3. The van der Waals surface area contributed by atoms with Crippen molar-refractivity contribution < 1.29 is 9.21 Å². The molecular weight excluding hydrogens is 324 g/mol. The second kappa shape index (κ2) is 7.27. The molecule has 0 saturated carbocycles. The molecule has 0 aliphatic rings. The van der Waals surface area contributed by atoms with Crippen LogP contribution in [0, 0.1) is 6.92 Å². The number of rotatable bonds is 5. The normalized spacial score (nSPS) is 11.9. The molecule has 3 aromatic rings. The number of thioether (sulfide) groups is 1. The number of nitrogens with one attached hydrogen (secondary N) is 1. The van der Waals surface area contributed by atoms with Gasteiger partial charge in [0.15, 0.2) is 0 Å². The molecule has 0 saturated heterocycles. The maximum Gasteiger partial charge on any atom is 0.277 e. The van der Waals surface area contributed by atoms with Crippen LogP contribution in [0.3, 0.4) is 0 Å². The van der Waals surface area contributed by atoms with Crippen molar-refractivity contribution in [3.8, 4) is 11.5 Å². The molecule has 0 aliphatic heterocycles. The number of carbonyl (C=O) groups excluding carboxylic acids is 1. The Hall–Kier alpha value is -2.67. The molecule has 1 aromatic carbocycles. The number of aryl methyl sites for hydroxylation is 1. The van der Waals surface area contributed by atoms with Crippen molar-refractivity contribution in [1.82, 2.24) is 15.2 Å². The summed E-state index contributed by atoms with van der Waals surface area (Å²) in [5.74, 6) is 0.292. The van der Waals surface area contributed by atoms with Crippen LogP contribution in [0.4, 0.5) is 5.69 Å². The highest BCUT2D eigenvalue weighted by Gasteiger charge is 2.19. The topological polar surface area (TPSA) is 80.9 Å². The first kappa shape index (κ1) is 16.2. The molecule has 0 aliphatic carbocycles. The summed E-state index contributed by atoms with van der Waals surface area (Å²) in [5.41, 5.74) is 2.66. The summed E-state index contributed by atoms with van der Waals surface area (Å²) in [6, 6.07) is 11.2. The lowest BCUT2D eigenvalue weighted by Gasteiger charge is -2.10. The molecule has 0 spiro atoms. The van der Waals surface area contributed by atoms with Gasteiger partial charge in [0.05, 0.1) is 5.25 Å². The van der Waals surface area contributed by atoms with E-state index in [1.165, 1.54) is 11.8 Å². The molecule has 2 aromatic heterocycles. The number of anilines is 1. The van der Waals surface area contributed by atoms with Gasteiger partial charge in [-0.3, -0.25) is 9.78 Å². The molecular formula is C17H16N4O2S. The highest BCUT2D eigenvalue weighted by molar-refractivity contribution is 8.00. The van der Waals surface area contributed by atoms with E-state index in [2.05, 4.69) is 20.5 Å². The van der Waals surface area contributed by atoms with Crippen molar-refractivity contribution >= 4 is 23.4 Å². The van der Waals surface area contributed by atoms with Gasteiger partial charge in [-0.2, -0.15) is 0 Å². The van der Waals surface area contributed by atoms with E-state index in [1.807, 2.05) is 31.2 Å². The average molecular weight is 340 g/mol. The Labute approximate surface area is 143 Å². The Morgan fingerprint density at radius 1 is 1.21 bits per heavy atom. The van der Waals surface area contributed by atoms with Crippen molar-refractivity contribution in [2.45, 2.75) is 24.3 Å². The number of amides is 1. The summed E-state index contributed by atoms with van der Waals surface area (Å²) in [4.78, 5) is 16.2. The van der Waals surface area contributed by atoms with E-state index >= 15 is 0 Å². The minimum atomic E-state index is -0.365. The van der Waals surface area contributed by atoms with E-state index in [9.17, 15) is 4.79 Å². The average Bonchev–Trinajstić information content (AvgIpc) is 3.04. The van der Waals surface area contributed by atoms with Crippen molar-refractivity contribution in [2.75, 3.05) is 5.32 Å². The Bertz CT molecular complexity index is 835. The third kappa shape index (κ3) is 3.99. The molecule has 0 radical (unpaired) electrons. The number of aromatic nitrogens is 3. The molecule has 1 unspecified atom stereocenters. The third-order valence-electron chi connectivity index (χ3n) is 3.27. The minimum Gasteiger partial charge on any atom is -0.411 e. The lowest BCUT2D eigenvalue weighted by Crippen LogP contribution is -2.22. The molecule has 0 bridgehead atoms. The smallest absolute Gasteiger partial charge is 0.277 e. The van der Waals surface area contributed by atoms with E-state index in [4.69, 9.17) is 4.42 Å². The quantitative estimate of drug-likeness (QED) is 0.715. The summed E-state index contributed by atoms with van der Waals surface area (Å²) < 4.78 is 5.59. The van der Waals surface area contributed by atoms with Crippen LogP contribution in [0.25, 0.3) is 11.5 Å². The van der Waals surface area contributed by atoms with Gasteiger partial charge < -0.3 is 9.73 Å². The molecule has 6 nitrogen and oxygen atoms in total. The fraction of sp³-hybridized carbons (Fsp3) is 0.176. The number of carbonyl (C=O) groups is 1. The first-order chi connectivity index (χ1) is 11.6. The Balaban J connectivity index is 1.63. The van der Waals surface area contributed by atoms with E-state index in [-0.39, 0.29) is 11.2 Å². The van der Waals surface area contributed by atoms with Crippen LogP contribution in [0.1, 0.15) is 12.5 Å². The van der Waals surface area contributed by atoms with Crippen LogP contribution in [0.15, 0.2) is 58.4 Å². The highest BCUT2D eigenvalue weighted by atomic mass is 32.2. The zero-order chi connectivity index (χ0) is 16.9. The monoisotopic (exact) mass is 340 g/mol. The summed E-state index contributed by atoms with van der Waals surface area (Å²) >= 11 is 1.22. The Kier molecular flexibility index (Phi) is 4.90. The zero-order valence-electron chi connectivity index (χ0n) is 13.3. The van der Waals surface area contributed by atoms with Gasteiger partial charge in [-0.15, -0.1) is 10.2 Å². The molecule has 7 heteroatoms. The van der Waals surface area contributed by atoms with Crippen molar-refractivity contribution in [2.24, 2.45) is 0 Å². The second-order valence-electron chi connectivity index (χ2n) is 5.23. The predicted octanol–water partition coefficient (Wildman–Crippen LogP) is 3.56. The fourth-order valence-corrected chi connectivity index (χ4v) is 2.72. The summed E-state index contributed by atoms with van der Waals surface area (Å²) in [5, 5.41) is 10.9. The molecule has 3 rings (SSSR count). The first-order valence-corrected chi connectivity index (χ1v) is 8.28. The number of pyridine rings is 1. The van der Waals surface area contributed by atoms with E-state index in [0.717, 1.165) is 16.8 Å². The standard InChI is InChI=1S/C17H16N4O2S/c1-11-4-3-5-14(10-11)19-15(22)12(2)24-17-21-20-16(23-17)13-6-8-18-9-7-13/h3-10,12H,1-2H3,(H,19,22). The zero-order valence-corrected chi connectivity index (χ0v) is 14.1. The Morgan fingerprint density at radius 2 is 2.00 bits per heavy atom. The minimum absolute atomic E-state index is 0.116. The lowest BCUT2D eigenvalue weighted by atomic mass is 10.2. The number of nitrogens with zero attached hydrogens (tertiary/aromatic N) is 3. The van der Waals surface area contributed by atoms with Crippen LogP contribution in [-0.2, 0) is 4.79 Å². The van der Waals surface area contributed by atoms with Crippen molar-refractivity contribution in [1.29, 1.82) is 0 Å².